The van der Waals surface area contributed by atoms with Crippen LogP contribution < -0.4 is 29.1 Å². The zero-order chi connectivity index (χ0) is 33.8. The monoisotopic (exact) mass is 659 g/mol. The van der Waals surface area contributed by atoms with Crippen LogP contribution in [0.1, 0.15) is 49.1 Å². The van der Waals surface area contributed by atoms with Gasteiger partial charge in [-0.05, 0) is 67.4 Å². The minimum atomic E-state index is -0.838. The van der Waals surface area contributed by atoms with Gasteiger partial charge in [-0.15, -0.1) is 0 Å². The molecule has 48 heavy (non-hydrogen) atoms. The normalized spacial score (nSPS) is 14.2. The van der Waals surface area contributed by atoms with E-state index in [1.54, 1.807) is 43.7 Å². The zero-order valence-electron chi connectivity index (χ0n) is 27.0. The van der Waals surface area contributed by atoms with Gasteiger partial charge < -0.3 is 18.9 Å². The standard InChI is InChI=1S/C38H33N3O6S/c1-5-45-31-19-24(15-17-29(31)47-22-27-13-8-7-12-26(27)21-39)20-32-36(42)41-35(33(37(43)46-6-2)23(3)40-38(41)48-32)34-28-14-10-9-11-25(28)16-18-30(34)44-4/h7-20,35H,5-6,22H2,1-4H3/b32-20+/t35-/m0/s1. The van der Waals surface area contributed by atoms with E-state index in [-0.39, 0.29) is 24.3 Å². The molecule has 1 aliphatic heterocycles. The fourth-order valence-electron chi connectivity index (χ4n) is 5.86. The minimum absolute atomic E-state index is 0.173. The molecule has 1 aliphatic rings. The first-order chi connectivity index (χ1) is 23.4. The van der Waals surface area contributed by atoms with Crippen molar-refractivity contribution in [2.24, 2.45) is 4.99 Å². The average Bonchev–Trinajstić information content (AvgIpc) is 3.40. The molecule has 0 N–H and O–H groups in total. The van der Waals surface area contributed by atoms with E-state index in [2.05, 4.69) is 6.07 Å². The van der Waals surface area contributed by atoms with Crippen molar-refractivity contribution in [2.75, 3.05) is 20.3 Å². The van der Waals surface area contributed by atoms with Crippen LogP contribution >= 0.6 is 11.3 Å². The number of esters is 1. The lowest BCUT2D eigenvalue weighted by Gasteiger charge is -2.27. The third-order valence-corrected chi connectivity index (χ3v) is 9.01. The smallest absolute Gasteiger partial charge is 0.338 e. The Labute approximate surface area is 281 Å². The summed E-state index contributed by atoms with van der Waals surface area (Å²) < 4.78 is 25.3. The molecule has 0 fully saturated rings. The summed E-state index contributed by atoms with van der Waals surface area (Å²) in [7, 11) is 1.57. The minimum Gasteiger partial charge on any atom is -0.496 e. The predicted molar refractivity (Wildman–Crippen MR) is 184 cm³/mol. The number of carbonyl (C=O) groups is 1. The second-order valence-corrected chi connectivity index (χ2v) is 11.9. The molecule has 0 saturated carbocycles. The van der Waals surface area contributed by atoms with Gasteiger partial charge in [-0.25, -0.2) is 9.79 Å². The van der Waals surface area contributed by atoms with Gasteiger partial charge in [-0.2, -0.15) is 5.26 Å². The molecule has 6 rings (SSSR count). The van der Waals surface area contributed by atoms with E-state index < -0.39 is 12.0 Å². The van der Waals surface area contributed by atoms with Crippen LogP contribution in [0.5, 0.6) is 17.2 Å². The molecular weight excluding hydrogens is 627 g/mol. The van der Waals surface area contributed by atoms with Crippen molar-refractivity contribution in [3.05, 3.63) is 132 Å². The summed E-state index contributed by atoms with van der Waals surface area (Å²) in [6, 6.07) is 25.7. The van der Waals surface area contributed by atoms with Crippen LogP contribution in [-0.2, 0) is 16.1 Å². The molecule has 0 spiro atoms. The van der Waals surface area contributed by atoms with Gasteiger partial charge in [0.05, 0.1) is 47.8 Å². The zero-order valence-corrected chi connectivity index (χ0v) is 27.8. The maximum Gasteiger partial charge on any atom is 0.338 e. The lowest BCUT2D eigenvalue weighted by molar-refractivity contribution is -0.139. The number of nitrogens with zero attached hydrogens (tertiary/aromatic N) is 3. The lowest BCUT2D eigenvalue weighted by atomic mass is 9.90. The number of carbonyl (C=O) groups excluding carboxylic acids is 1. The second kappa shape index (κ2) is 14.0. The summed E-state index contributed by atoms with van der Waals surface area (Å²) >= 11 is 1.24. The van der Waals surface area contributed by atoms with Gasteiger partial charge in [0.25, 0.3) is 5.56 Å². The highest BCUT2D eigenvalue weighted by molar-refractivity contribution is 7.07. The van der Waals surface area contributed by atoms with Gasteiger partial charge in [-0.1, -0.05) is 65.9 Å². The quantitative estimate of drug-likeness (QED) is 0.174. The summed E-state index contributed by atoms with van der Waals surface area (Å²) in [6.07, 6.45) is 1.78. The summed E-state index contributed by atoms with van der Waals surface area (Å²) in [5, 5.41) is 11.2. The molecule has 242 valence electrons. The fraction of sp³-hybridized carbons (Fsp3) is 0.211. The van der Waals surface area contributed by atoms with Crippen molar-refractivity contribution in [1.82, 2.24) is 4.57 Å². The number of allylic oxidation sites excluding steroid dienone is 1. The molecule has 1 aromatic heterocycles. The van der Waals surface area contributed by atoms with E-state index in [9.17, 15) is 14.9 Å². The van der Waals surface area contributed by atoms with Gasteiger partial charge in [0.1, 0.15) is 18.4 Å². The Morgan fingerprint density at radius 1 is 0.979 bits per heavy atom. The molecule has 4 aromatic carbocycles. The first-order valence-electron chi connectivity index (χ1n) is 15.5. The second-order valence-electron chi connectivity index (χ2n) is 10.9. The summed E-state index contributed by atoms with van der Waals surface area (Å²) in [5.74, 6) is 1.02. The van der Waals surface area contributed by atoms with Gasteiger partial charge in [0.15, 0.2) is 16.3 Å². The molecular formula is C38H33N3O6S. The SMILES string of the molecule is CCOC(=O)C1=C(C)N=c2s/c(=C/c3ccc(OCc4ccccc4C#N)c(OCC)c3)c(=O)n2[C@@H]1c1c(OC)ccc2ccccc12. The molecule has 0 saturated heterocycles. The van der Waals surface area contributed by atoms with E-state index in [0.717, 1.165) is 16.3 Å². The van der Waals surface area contributed by atoms with Crippen LogP contribution in [0.3, 0.4) is 0 Å². The third-order valence-electron chi connectivity index (χ3n) is 8.03. The van der Waals surface area contributed by atoms with Crippen molar-refractivity contribution in [2.45, 2.75) is 33.4 Å². The number of rotatable bonds is 10. The Hall–Kier alpha value is -5.66. The topological polar surface area (TPSA) is 112 Å². The van der Waals surface area contributed by atoms with Crippen molar-refractivity contribution in [3.8, 4) is 23.3 Å². The average molecular weight is 660 g/mol. The predicted octanol–water partition coefficient (Wildman–Crippen LogP) is 5.81. The molecule has 2 heterocycles. The number of aromatic nitrogens is 1. The molecule has 0 unspecified atom stereocenters. The van der Waals surface area contributed by atoms with Crippen molar-refractivity contribution in [3.63, 3.8) is 0 Å². The maximum absolute atomic E-state index is 14.4. The molecule has 0 radical (unpaired) electrons. The number of hydrogen-bond donors (Lipinski definition) is 0. The number of ether oxygens (including phenoxy) is 4. The van der Waals surface area contributed by atoms with Crippen molar-refractivity contribution >= 4 is 34.2 Å². The van der Waals surface area contributed by atoms with Gasteiger partial charge >= 0.3 is 5.97 Å². The van der Waals surface area contributed by atoms with Gasteiger partial charge in [0, 0.05) is 11.1 Å². The van der Waals surface area contributed by atoms with Crippen molar-refractivity contribution in [1.29, 1.82) is 5.26 Å². The number of fused-ring (bicyclic) bond motifs is 2. The van der Waals surface area contributed by atoms with Crippen LogP contribution in [0, 0.1) is 11.3 Å². The van der Waals surface area contributed by atoms with Crippen LogP contribution in [-0.4, -0.2) is 30.9 Å². The highest BCUT2D eigenvalue weighted by Crippen LogP contribution is 2.40. The summed E-state index contributed by atoms with van der Waals surface area (Å²) in [6.45, 7) is 6.16. The number of benzene rings is 4. The summed E-state index contributed by atoms with van der Waals surface area (Å²) in [5.41, 5.74) is 3.15. The Bertz CT molecular complexity index is 2300. The molecule has 1 atom stereocenters. The number of hydrogen-bond acceptors (Lipinski definition) is 9. The Kier molecular flexibility index (Phi) is 9.41. The number of methoxy groups -OCH3 is 1. The van der Waals surface area contributed by atoms with Crippen LogP contribution in [0.4, 0.5) is 0 Å². The molecule has 5 aromatic rings. The third kappa shape index (κ3) is 6.08. The van der Waals surface area contributed by atoms with Gasteiger partial charge in [-0.3, -0.25) is 9.36 Å². The van der Waals surface area contributed by atoms with E-state index in [0.29, 0.717) is 55.6 Å². The summed E-state index contributed by atoms with van der Waals surface area (Å²) in [4.78, 5) is 33.0. The Morgan fingerprint density at radius 3 is 2.52 bits per heavy atom. The first kappa shape index (κ1) is 32.3. The largest absolute Gasteiger partial charge is 0.496 e. The highest BCUT2D eigenvalue weighted by Gasteiger charge is 2.36. The van der Waals surface area contributed by atoms with E-state index >= 15 is 0 Å². The molecule has 0 amide bonds. The maximum atomic E-state index is 14.4. The van der Waals surface area contributed by atoms with Crippen LogP contribution in [0.2, 0.25) is 0 Å². The van der Waals surface area contributed by atoms with E-state index in [1.165, 1.54) is 11.3 Å². The Morgan fingerprint density at radius 2 is 1.75 bits per heavy atom. The van der Waals surface area contributed by atoms with Gasteiger partial charge in [0.2, 0.25) is 0 Å². The molecule has 0 bridgehead atoms. The number of thiazole rings is 1. The van der Waals surface area contributed by atoms with E-state index in [1.807, 2.05) is 73.7 Å². The first-order valence-corrected chi connectivity index (χ1v) is 16.3. The van der Waals surface area contributed by atoms with Crippen LogP contribution in [0.15, 0.2) is 99.9 Å². The van der Waals surface area contributed by atoms with Crippen LogP contribution in [0.25, 0.3) is 16.8 Å². The number of nitriles is 1. The molecule has 9 nitrogen and oxygen atoms in total. The van der Waals surface area contributed by atoms with E-state index in [4.69, 9.17) is 23.9 Å². The highest BCUT2D eigenvalue weighted by atomic mass is 32.1. The lowest BCUT2D eigenvalue weighted by Crippen LogP contribution is -2.40. The Balaban J connectivity index is 1.47. The molecule has 0 aliphatic carbocycles. The fourth-order valence-corrected chi connectivity index (χ4v) is 6.91. The molecule has 10 heteroatoms. The van der Waals surface area contributed by atoms with Crippen molar-refractivity contribution < 1.29 is 23.7 Å².